The number of carbonyl (C=O) groups is 2. The molecule has 0 radical (unpaired) electrons. The summed E-state index contributed by atoms with van der Waals surface area (Å²) in [4.78, 5) is 27.5. The zero-order chi connectivity index (χ0) is 16.7. The van der Waals surface area contributed by atoms with Crippen LogP contribution in [0.3, 0.4) is 0 Å². The first-order valence-corrected chi connectivity index (χ1v) is 7.34. The fourth-order valence-electron chi connectivity index (χ4n) is 1.98. The number of anilines is 1. The number of nitrogens with zero attached hydrogens (tertiary/aromatic N) is 1. The van der Waals surface area contributed by atoms with Crippen LogP contribution in [0.1, 0.15) is 5.56 Å². The number of nitrogens with one attached hydrogen (secondary N) is 2. The average molecular weight is 334 g/mol. The van der Waals surface area contributed by atoms with Crippen LogP contribution in [0.25, 0.3) is 0 Å². The van der Waals surface area contributed by atoms with E-state index in [-0.39, 0.29) is 11.8 Å². The molecule has 2 aromatic rings. The highest BCUT2D eigenvalue weighted by molar-refractivity contribution is 6.39. The summed E-state index contributed by atoms with van der Waals surface area (Å²) in [5.41, 5.74) is 1.32. The molecular formula is C16H16ClN3O3. The minimum absolute atomic E-state index is 0.209. The van der Waals surface area contributed by atoms with E-state index < -0.39 is 17.9 Å². The quantitative estimate of drug-likeness (QED) is 0.569. The molecule has 1 aromatic carbocycles. The van der Waals surface area contributed by atoms with Gasteiger partial charge in [-0.15, -0.1) is 0 Å². The van der Waals surface area contributed by atoms with Crippen molar-refractivity contribution in [1.82, 2.24) is 10.3 Å². The van der Waals surface area contributed by atoms with E-state index in [0.717, 1.165) is 5.56 Å². The highest BCUT2D eigenvalue weighted by atomic mass is 35.5. The Bertz CT molecular complexity index is 679. The molecule has 0 aliphatic heterocycles. The first kappa shape index (κ1) is 16.9. The highest BCUT2D eigenvalue weighted by Gasteiger charge is 2.18. The van der Waals surface area contributed by atoms with Gasteiger partial charge in [0.1, 0.15) is 5.15 Å². The van der Waals surface area contributed by atoms with Gasteiger partial charge in [0.15, 0.2) is 0 Å². The number of benzene rings is 1. The van der Waals surface area contributed by atoms with Gasteiger partial charge < -0.3 is 15.7 Å². The summed E-state index contributed by atoms with van der Waals surface area (Å²) in [6, 6.07) is 11.8. The van der Waals surface area contributed by atoms with Gasteiger partial charge in [0.25, 0.3) is 0 Å². The second-order valence-electron chi connectivity index (χ2n) is 4.86. The van der Waals surface area contributed by atoms with Crippen molar-refractivity contribution in [3.63, 3.8) is 0 Å². The average Bonchev–Trinajstić information content (AvgIpc) is 2.55. The summed E-state index contributed by atoms with van der Waals surface area (Å²) in [6.07, 6.45) is 1.85. The minimum Gasteiger partial charge on any atom is -0.394 e. The monoisotopic (exact) mass is 333 g/mol. The molecule has 1 heterocycles. The van der Waals surface area contributed by atoms with Crippen LogP contribution in [0, 0.1) is 0 Å². The first-order chi connectivity index (χ1) is 11.1. The van der Waals surface area contributed by atoms with Gasteiger partial charge in [-0.3, -0.25) is 9.59 Å². The third-order valence-electron chi connectivity index (χ3n) is 3.07. The summed E-state index contributed by atoms with van der Waals surface area (Å²) in [5, 5.41) is 14.5. The molecule has 0 saturated heterocycles. The van der Waals surface area contributed by atoms with Gasteiger partial charge in [0.2, 0.25) is 0 Å². The van der Waals surface area contributed by atoms with Gasteiger partial charge in [0.05, 0.1) is 12.6 Å². The first-order valence-electron chi connectivity index (χ1n) is 6.96. The molecule has 2 rings (SSSR count). The predicted octanol–water partition coefficient (Wildman–Crippen LogP) is 1.39. The fourth-order valence-corrected chi connectivity index (χ4v) is 2.15. The molecule has 2 amide bonds. The number of aliphatic hydroxyl groups excluding tert-OH is 1. The van der Waals surface area contributed by atoms with Crippen LogP contribution in [0.2, 0.25) is 5.15 Å². The third kappa shape index (κ3) is 5.36. The summed E-state index contributed by atoms with van der Waals surface area (Å²) in [6.45, 7) is -0.269. The lowest BCUT2D eigenvalue weighted by Gasteiger charge is -2.16. The number of amides is 2. The van der Waals surface area contributed by atoms with Gasteiger partial charge in [-0.05, 0) is 24.1 Å². The lowest BCUT2D eigenvalue weighted by molar-refractivity contribution is -0.136. The van der Waals surface area contributed by atoms with E-state index in [2.05, 4.69) is 15.6 Å². The summed E-state index contributed by atoms with van der Waals surface area (Å²) in [5.74, 6) is -1.66. The van der Waals surface area contributed by atoms with E-state index in [0.29, 0.717) is 12.1 Å². The Morgan fingerprint density at radius 1 is 1.17 bits per heavy atom. The molecule has 23 heavy (non-hydrogen) atoms. The summed E-state index contributed by atoms with van der Waals surface area (Å²) >= 11 is 5.71. The van der Waals surface area contributed by atoms with Crippen molar-refractivity contribution in [1.29, 1.82) is 0 Å². The number of hydrogen-bond donors (Lipinski definition) is 3. The molecule has 120 valence electrons. The molecule has 0 bridgehead atoms. The van der Waals surface area contributed by atoms with Crippen molar-refractivity contribution in [3.8, 4) is 0 Å². The third-order valence-corrected chi connectivity index (χ3v) is 3.28. The normalized spacial score (nSPS) is 11.6. The van der Waals surface area contributed by atoms with E-state index in [1.807, 2.05) is 30.3 Å². The number of aliphatic hydroxyl groups is 1. The largest absolute Gasteiger partial charge is 0.394 e. The Hall–Kier alpha value is -2.44. The molecule has 7 heteroatoms. The topological polar surface area (TPSA) is 91.3 Å². The molecule has 0 aliphatic carbocycles. The smallest absolute Gasteiger partial charge is 0.313 e. The number of rotatable bonds is 5. The molecule has 6 nitrogen and oxygen atoms in total. The summed E-state index contributed by atoms with van der Waals surface area (Å²) < 4.78 is 0. The number of hydrogen-bond acceptors (Lipinski definition) is 4. The predicted molar refractivity (Wildman–Crippen MR) is 87.0 cm³/mol. The zero-order valence-corrected chi connectivity index (χ0v) is 13.0. The fraction of sp³-hybridized carbons (Fsp3) is 0.188. The Morgan fingerprint density at radius 3 is 2.57 bits per heavy atom. The van der Waals surface area contributed by atoms with Gasteiger partial charge >= 0.3 is 11.8 Å². The second-order valence-corrected chi connectivity index (χ2v) is 5.25. The number of carbonyl (C=O) groups excluding carboxylic acids is 2. The second kappa shape index (κ2) is 8.26. The van der Waals surface area contributed by atoms with Gasteiger partial charge in [0, 0.05) is 11.9 Å². The standard InChI is InChI=1S/C16H16ClN3O3/c17-14-9-12(6-7-18-14)19-15(22)16(23)20-13(10-21)8-11-4-2-1-3-5-11/h1-7,9,13,21H,8,10H2,(H,20,23)(H,18,19,22). The molecule has 3 N–H and O–H groups in total. The number of halogens is 1. The molecule has 0 aliphatic rings. The van der Waals surface area contributed by atoms with Gasteiger partial charge in [-0.2, -0.15) is 0 Å². The van der Waals surface area contributed by atoms with E-state index in [4.69, 9.17) is 11.6 Å². The van der Waals surface area contributed by atoms with Crippen LogP contribution < -0.4 is 10.6 Å². The molecule has 0 saturated carbocycles. The van der Waals surface area contributed by atoms with E-state index >= 15 is 0 Å². The minimum atomic E-state index is -0.834. The molecular weight excluding hydrogens is 318 g/mol. The lowest BCUT2D eigenvalue weighted by Crippen LogP contribution is -2.44. The van der Waals surface area contributed by atoms with Crippen molar-refractivity contribution < 1.29 is 14.7 Å². The van der Waals surface area contributed by atoms with Gasteiger partial charge in [-0.1, -0.05) is 41.9 Å². The molecule has 1 aromatic heterocycles. The molecule has 0 fully saturated rings. The maximum atomic E-state index is 11.9. The summed E-state index contributed by atoms with van der Waals surface area (Å²) in [7, 11) is 0. The van der Waals surface area contributed by atoms with E-state index in [9.17, 15) is 14.7 Å². The molecule has 0 spiro atoms. The van der Waals surface area contributed by atoms with Crippen LogP contribution in [0.15, 0.2) is 48.7 Å². The van der Waals surface area contributed by atoms with Crippen LogP contribution >= 0.6 is 11.6 Å². The van der Waals surface area contributed by atoms with Crippen LogP contribution in [-0.4, -0.2) is 34.6 Å². The van der Waals surface area contributed by atoms with Gasteiger partial charge in [-0.25, -0.2) is 4.98 Å². The Morgan fingerprint density at radius 2 is 1.91 bits per heavy atom. The maximum absolute atomic E-state index is 11.9. The maximum Gasteiger partial charge on any atom is 0.313 e. The van der Waals surface area contributed by atoms with Crippen molar-refractivity contribution >= 4 is 29.1 Å². The van der Waals surface area contributed by atoms with Crippen molar-refractivity contribution in [2.75, 3.05) is 11.9 Å². The van der Waals surface area contributed by atoms with Crippen molar-refractivity contribution in [2.45, 2.75) is 12.5 Å². The van der Waals surface area contributed by atoms with E-state index in [1.165, 1.54) is 18.3 Å². The van der Waals surface area contributed by atoms with Crippen LogP contribution in [0.5, 0.6) is 0 Å². The SMILES string of the molecule is O=C(Nc1ccnc(Cl)c1)C(=O)NC(CO)Cc1ccccc1. The van der Waals surface area contributed by atoms with Crippen LogP contribution in [0.4, 0.5) is 5.69 Å². The molecule has 1 unspecified atom stereocenters. The zero-order valence-electron chi connectivity index (χ0n) is 12.2. The highest BCUT2D eigenvalue weighted by Crippen LogP contribution is 2.11. The Balaban J connectivity index is 1.92. The number of aromatic nitrogens is 1. The van der Waals surface area contributed by atoms with Crippen molar-refractivity contribution in [2.24, 2.45) is 0 Å². The lowest BCUT2D eigenvalue weighted by atomic mass is 10.1. The Labute approximate surface area is 138 Å². The van der Waals surface area contributed by atoms with Crippen molar-refractivity contribution in [3.05, 3.63) is 59.4 Å². The van der Waals surface area contributed by atoms with Crippen LogP contribution in [-0.2, 0) is 16.0 Å². The molecule has 1 atom stereocenters. The number of pyridine rings is 1. The Kier molecular flexibility index (Phi) is 6.08. The van der Waals surface area contributed by atoms with E-state index in [1.54, 1.807) is 0 Å².